The molecule has 0 spiro atoms. The summed E-state index contributed by atoms with van der Waals surface area (Å²) in [7, 11) is -4.32. The molecule has 0 aliphatic rings. The number of amides is 2. The molecule has 0 aliphatic carbocycles. The van der Waals surface area contributed by atoms with Gasteiger partial charge in [0.25, 0.3) is 10.0 Å². The molecule has 2 aromatic carbocycles. The summed E-state index contributed by atoms with van der Waals surface area (Å²) >= 11 is 0.891. The van der Waals surface area contributed by atoms with E-state index in [4.69, 9.17) is 0 Å². The van der Waals surface area contributed by atoms with Gasteiger partial charge >= 0.3 is 12.2 Å². The van der Waals surface area contributed by atoms with Gasteiger partial charge in [0, 0.05) is 10.9 Å². The molecule has 3 rings (SSSR count). The van der Waals surface area contributed by atoms with Crippen LogP contribution in [-0.2, 0) is 16.2 Å². The van der Waals surface area contributed by atoms with Crippen molar-refractivity contribution in [3.63, 3.8) is 0 Å². The first-order valence-electron chi connectivity index (χ1n) is 7.77. The van der Waals surface area contributed by atoms with Gasteiger partial charge in [-0.1, -0.05) is 18.2 Å². The van der Waals surface area contributed by atoms with E-state index in [0.29, 0.717) is 0 Å². The maximum Gasteiger partial charge on any atom is 0.416 e. The molecule has 152 valence electrons. The maximum atomic E-state index is 13.2. The van der Waals surface area contributed by atoms with Crippen LogP contribution in [0.4, 0.5) is 27.5 Å². The van der Waals surface area contributed by atoms with E-state index in [-0.39, 0.29) is 16.4 Å². The number of benzene rings is 2. The molecule has 6 nitrogen and oxygen atoms in total. The van der Waals surface area contributed by atoms with Gasteiger partial charge in [0.05, 0.1) is 16.2 Å². The smallest absolute Gasteiger partial charge is 0.283 e. The van der Waals surface area contributed by atoms with Crippen LogP contribution in [0, 0.1) is 5.82 Å². The van der Waals surface area contributed by atoms with Gasteiger partial charge in [0.1, 0.15) is 5.82 Å². The lowest BCUT2D eigenvalue weighted by atomic mass is 10.1. The van der Waals surface area contributed by atoms with Crippen LogP contribution in [0.1, 0.15) is 5.56 Å². The third-order valence-electron chi connectivity index (χ3n) is 3.54. The Kier molecular flexibility index (Phi) is 5.57. The van der Waals surface area contributed by atoms with E-state index in [1.54, 1.807) is 4.72 Å². The third-order valence-corrected chi connectivity index (χ3v) is 5.63. The van der Waals surface area contributed by atoms with Gasteiger partial charge in [-0.05, 0) is 30.3 Å². The second kappa shape index (κ2) is 7.79. The van der Waals surface area contributed by atoms with Gasteiger partial charge in [0.2, 0.25) is 0 Å². The fourth-order valence-corrected chi connectivity index (χ4v) is 3.91. The Hall–Kier alpha value is -2.99. The average Bonchev–Trinajstić information content (AvgIpc) is 3.09. The zero-order chi connectivity index (χ0) is 21.2. The molecule has 0 aliphatic heterocycles. The van der Waals surface area contributed by atoms with Gasteiger partial charge < -0.3 is 0 Å². The predicted octanol–water partition coefficient (Wildman–Crippen LogP) is 4.48. The van der Waals surface area contributed by atoms with Crippen molar-refractivity contribution >= 4 is 32.5 Å². The summed E-state index contributed by atoms with van der Waals surface area (Å²) in [6.07, 6.45) is -4.52. The number of carbonyl (C=O) groups is 1. The first-order chi connectivity index (χ1) is 13.5. The largest absolute Gasteiger partial charge is 0.416 e. The van der Waals surface area contributed by atoms with Crippen molar-refractivity contribution in [3.8, 4) is 11.3 Å². The van der Waals surface area contributed by atoms with E-state index in [0.717, 1.165) is 41.7 Å². The number of aromatic nitrogens is 1. The predicted molar refractivity (Wildman–Crippen MR) is 98.3 cm³/mol. The Balaban J connectivity index is 1.73. The normalized spacial score (nSPS) is 11.9. The molecule has 0 saturated heterocycles. The molecule has 0 atom stereocenters. The summed E-state index contributed by atoms with van der Waals surface area (Å²) in [5, 5.41) is 3.55. The minimum Gasteiger partial charge on any atom is -0.283 e. The van der Waals surface area contributed by atoms with Crippen molar-refractivity contribution in [2.24, 2.45) is 0 Å². The minimum atomic E-state index is -4.52. The van der Waals surface area contributed by atoms with E-state index in [1.165, 1.54) is 23.6 Å². The summed E-state index contributed by atoms with van der Waals surface area (Å²) in [4.78, 5) is 15.5. The number of urea groups is 1. The molecule has 0 fully saturated rings. The highest BCUT2D eigenvalue weighted by atomic mass is 32.2. The fraction of sp³-hybridized carbons (Fsp3) is 0.0588. The van der Waals surface area contributed by atoms with Gasteiger partial charge in [-0.25, -0.2) is 27.3 Å². The van der Waals surface area contributed by atoms with Gasteiger partial charge in [-0.3, -0.25) is 5.32 Å². The first kappa shape index (κ1) is 20.7. The Morgan fingerprint density at radius 3 is 2.48 bits per heavy atom. The molecular weight excluding hydrogens is 434 g/mol. The van der Waals surface area contributed by atoms with Gasteiger partial charge in [-0.2, -0.15) is 13.2 Å². The molecule has 0 radical (unpaired) electrons. The number of rotatable bonds is 4. The van der Waals surface area contributed by atoms with E-state index in [9.17, 15) is 30.8 Å². The first-order valence-corrected chi connectivity index (χ1v) is 10.1. The number of sulfonamides is 1. The number of nitrogens with zero attached hydrogens (tertiary/aromatic N) is 1. The van der Waals surface area contributed by atoms with E-state index >= 15 is 0 Å². The van der Waals surface area contributed by atoms with Crippen LogP contribution in [0.3, 0.4) is 0 Å². The van der Waals surface area contributed by atoms with Crippen LogP contribution in [0.25, 0.3) is 11.3 Å². The summed E-state index contributed by atoms with van der Waals surface area (Å²) < 4.78 is 77.5. The lowest BCUT2D eigenvalue weighted by Crippen LogP contribution is -2.34. The SMILES string of the molecule is O=C(Nc1nc(-c2cccc(C(F)(F)F)c2)cs1)NS(=O)(=O)c1cccc(F)c1. The van der Waals surface area contributed by atoms with Crippen molar-refractivity contribution in [2.75, 3.05) is 5.32 Å². The third kappa shape index (κ3) is 5.09. The molecule has 1 aromatic heterocycles. The molecule has 0 unspecified atom stereocenters. The summed E-state index contributed by atoms with van der Waals surface area (Å²) in [6.45, 7) is 0. The molecule has 0 bridgehead atoms. The minimum absolute atomic E-state index is 0.0376. The van der Waals surface area contributed by atoms with E-state index in [1.807, 2.05) is 0 Å². The Morgan fingerprint density at radius 1 is 1.07 bits per heavy atom. The number of halogens is 4. The quantitative estimate of drug-likeness (QED) is 0.580. The molecule has 0 saturated carbocycles. The van der Waals surface area contributed by atoms with Crippen LogP contribution in [0.5, 0.6) is 0 Å². The molecule has 1 heterocycles. The number of thiazole rings is 1. The molecule has 2 N–H and O–H groups in total. The van der Waals surface area contributed by atoms with Gasteiger partial charge in [0.15, 0.2) is 5.13 Å². The van der Waals surface area contributed by atoms with Crippen molar-refractivity contribution in [2.45, 2.75) is 11.1 Å². The molecule has 12 heteroatoms. The number of alkyl halides is 3. The van der Waals surface area contributed by atoms with Crippen LogP contribution < -0.4 is 10.0 Å². The Morgan fingerprint density at radius 2 is 1.79 bits per heavy atom. The summed E-state index contributed by atoms with van der Waals surface area (Å²) in [5.74, 6) is -0.793. The van der Waals surface area contributed by atoms with Crippen molar-refractivity contribution in [1.29, 1.82) is 0 Å². The van der Waals surface area contributed by atoms with Crippen LogP contribution in [0.15, 0.2) is 58.8 Å². The van der Waals surface area contributed by atoms with Gasteiger partial charge in [-0.15, -0.1) is 11.3 Å². The number of carbonyl (C=O) groups excluding carboxylic acids is 1. The maximum absolute atomic E-state index is 13.2. The van der Waals surface area contributed by atoms with Crippen LogP contribution >= 0.6 is 11.3 Å². The molecular formula is C17H11F4N3O3S2. The van der Waals surface area contributed by atoms with E-state index < -0.39 is 38.5 Å². The number of anilines is 1. The summed E-state index contributed by atoms with van der Waals surface area (Å²) in [5.41, 5.74) is -0.502. The van der Waals surface area contributed by atoms with Crippen LogP contribution in [-0.4, -0.2) is 19.4 Å². The zero-order valence-corrected chi connectivity index (χ0v) is 15.8. The molecule has 3 aromatic rings. The van der Waals surface area contributed by atoms with Crippen molar-refractivity contribution in [1.82, 2.24) is 9.71 Å². The topological polar surface area (TPSA) is 88.2 Å². The molecule has 2 amide bonds. The fourth-order valence-electron chi connectivity index (χ4n) is 2.26. The standard InChI is InChI=1S/C17H11F4N3O3S2/c18-12-5-2-6-13(8-12)29(26,27)24-15(25)23-16-22-14(9-28-16)10-3-1-4-11(7-10)17(19,20)21/h1-9H,(H2,22,23,24,25). The second-order valence-electron chi connectivity index (χ2n) is 5.63. The van der Waals surface area contributed by atoms with Crippen LogP contribution in [0.2, 0.25) is 0 Å². The average molecular weight is 445 g/mol. The lowest BCUT2D eigenvalue weighted by molar-refractivity contribution is -0.137. The molecule has 29 heavy (non-hydrogen) atoms. The number of nitrogens with one attached hydrogen (secondary N) is 2. The number of hydrogen-bond acceptors (Lipinski definition) is 5. The Bertz CT molecular complexity index is 1160. The van der Waals surface area contributed by atoms with Crippen molar-refractivity contribution < 1.29 is 30.8 Å². The Labute approximate surface area is 166 Å². The van der Waals surface area contributed by atoms with Crippen molar-refractivity contribution in [3.05, 3.63) is 65.3 Å². The number of hydrogen-bond donors (Lipinski definition) is 2. The monoisotopic (exact) mass is 445 g/mol. The highest BCUT2D eigenvalue weighted by molar-refractivity contribution is 7.90. The summed E-state index contributed by atoms with van der Waals surface area (Å²) in [6, 6.07) is 7.38. The van der Waals surface area contributed by atoms with E-state index in [2.05, 4.69) is 10.3 Å². The lowest BCUT2D eigenvalue weighted by Gasteiger charge is -2.07. The highest BCUT2D eigenvalue weighted by Crippen LogP contribution is 2.33. The zero-order valence-electron chi connectivity index (χ0n) is 14.2. The highest BCUT2D eigenvalue weighted by Gasteiger charge is 2.30. The second-order valence-corrected chi connectivity index (χ2v) is 8.17.